The normalized spacial score (nSPS) is 18.9. The van der Waals surface area contributed by atoms with Gasteiger partial charge in [-0.05, 0) is 26.2 Å². The third-order valence-electron chi connectivity index (χ3n) is 3.41. The molecule has 4 nitrogen and oxygen atoms in total. The second-order valence-corrected chi connectivity index (χ2v) is 4.85. The van der Waals surface area contributed by atoms with Gasteiger partial charge in [-0.1, -0.05) is 19.3 Å². The van der Waals surface area contributed by atoms with Crippen molar-refractivity contribution in [1.82, 2.24) is 5.32 Å². The van der Waals surface area contributed by atoms with E-state index in [4.69, 9.17) is 4.74 Å². The first-order valence-electron chi connectivity index (χ1n) is 6.72. The molecule has 0 atom stereocenters. The SMILES string of the molecule is CCOCCCC(=O)NC1(CO)CCCCC1. The molecular weight excluding hydrogens is 218 g/mol. The Morgan fingerprint density at radius 2 is 2.06 bits per heavy atom. The van der Waals surface area contributed by atoms with E-state index in [2.05, 4.69) is 5.32 Å². The molecule has 0 radical (unpaired) electrons. The molecule has 0 heterocycles. The first-order valence-corrected chi connectivity index (χ1v) is 6.72. The summed E-state index contributed by atoms with van der Waals surface area (Å²) in [6.07, 6.45) is 6.45. The van der Waals surface area contributed by atoms with E-state index >= 15 is 0 Å². The van der Waals surface area contributed by atoms with Crippen molar-refractivity contribution in [2.75, 3.05) is 19.8 Å². The minimum absolute atomic E-state index is 0.0423. The van der Waals surface area contributed by atoms with Crippen LogP contribution in [-0.2, 0) is 9.53 Å². The van der Waals surface area contributed by atoms with Gasteiger partial charge in [0.05, 0.1) is 12.1 Å². The molecular formula is C13H25NO3. The zero-order valence-corrected chi connectivity index (χ0v) is 10.8. The van der Waals surface area contributed by atoms with Gasteiger partial charge >= 0.3 is 0 Å². The highest BCUT2D eigenvalue weighted by molar-refractivity contribution is 5.76. The molecule has 4 heteroatoms. The first kappa shape index (κ1) is 14.5. The fourth-order valence-corrected chi connectivity index (χ4v) is 2.39. The van der Waals surface area contributed by atoms with Crippen molar-refractivity contribution in [3.8, 4) is 0 Å². The van der Waals surface area contributed by atoms with Crippen molar-refractivity contribution in [1.29, 1.82) is 0 Å². The van der Waals surface area contributed by atoms with Crippen LogP contribution in [0.25, 0.3) is 0 Å². The van der Waals surface area contributed by atoms with Crippen molar-refractivity contribution in [2.24, 2.45) is 0 Å². The predicted octanol–water partition coefficient (Wildman–Crippen LogP) is 1.61. The van der Waals surface area contributed by atoms with Gasteiger partial charge in [0.1, 0.15) is 0 Å². The molecule has 0 aliphatic heterocycles. The van der Waals surface area contributed by atoms with Crippen LogP contribution >= 0.6 is 0 Å². The van der Waals surface area contributed by atoms with Gasteiger partial charge in [-0.3, -0.25) is 4.79 Å². The number of carbonyl (C=O) groups excluding carboxylic acids is 1. The van der Waals surface area contributed by atoms with E-state index in [-0.39, 0.29) is 18.1 Å². The van der Waals surface area contributed by atoms with Gasteiger partial charge in [-0.15, -0.1) is 0 Å². The average Bonchev–Trinajstić information content (AvgIpc) is 2.36. The highest BCUT2D eigenvalue weighted by Gasteiger charge is 2.32. The van der Waals surface area contributed by atoms with Crippen LogP contribution in [0.2, 0.25) is 0 Å². The number of aliphatic hydroxyl groups is 1. The number of ether oxygens (including phenoxy) is 1. The molecule has 2 N–H and O–H groups in total. The Morgan fingerprint density at radius 1 is 1.35 bits per heavy atom. The molecule has 0 saturated heterocycles. The van der Waals surface area contributed by atoms with Crippen LogP contribution in [0.5, 0.6) is 0 Å². The molecule has 1 fully saturated rings. The van der Waals surface area contributed by atoms with E-state index in [1.54, 1.807) is 0 Å². The maximum Gasteiger partial charge on any atom is 0.220 e. The Bertz CT molecular complexity index is 225. The van der Waals surface area contributed by atoms with Gasteiger partial charge in [0.2, 0.25) is 5.91 Å². The van der Waals surface area contributed by atoms with Crippen molar-refractivity contribution in [3.63, 3.8) is 0 Å². The summed E-state index contributed by atoms with van der Waals surface area (Å²) in [5.41, 5.74) is -0.346. The van der Waals surface area contributed by atoms with Crippen molar-refractivity contribution < 1.29 is 14.6 Å². The Balaban J connectivity index is 2.27. The standard InChI is InChI=1S/C13H25NO3/c1-2-17-10-6-7-12(16)14-13(11-15)8-4-3-5-9-13/h15H,2-11H2,1H3,(H,14,16). The molecule has 17 heavy (non-hydrogen) atoms. The predicted molar refractivity (Wildman–Crippen MR) is 66.8 cm³/mol. The number of carbonyl (C=O) groups is 1. The topological polar surface area (TPSA) is 58.6 Å². The third-order valence-corrected chi connectivity index (χ3v) is 3.41. The second-order valence-electron chi connectivity index (χ2n) is 4.85. The van der Waals surface area contributed by atoms with Crippen molar-refractivity contribution in [3.05, 3.63) is 0 Å². The van der Waals surface area contributed by atoms with Crippen LogP contribution in [0.3, 0.4) is 0 Å². The highest BCUT2D eigenvalue weighted by Crippen LogP contribution is 2.27. The van der Waals surface area contributed by atoms with Gasteiger partial charge in [-0.25, -0.2) is 0 Å². The summed E-state index contributed by atoms with van der Waals surface area (Å²) in [7, 11) is 0. The summed E-state index contributed by atoms with van der Waals surface area (Å²) in [4.78, 5) is 11.8. The van der Waals surface area contributed by atoms with Crippen molar-refractivity contribution >= 4 is 5.91 Å². The molecule has 1 amide bonds. The molecule has 1 rings (SSSR count). The average molecular weight is 243 g/mol. The smallest absolute Gasteiger partial charge is 0.220 e. The number of hydrogen-bond donors (Lipinski definition) is 2. The Labute approximate surface area is 104 Å². The number of rotatable bonds is 7. The fraction of sp³-hybridized carbons (Fsp3) is 0.923. The molecule has 1 aliphatic rings. The summed E-state index contributed by atoms with van der Waals surface area (Å²) in [5, 5.41) is 12.5. The van der Waals surface area contributed by atoms with Crippen LogP contribution in [0.4, 0.5) is 0 Å². The van der Waals surface area contributed by atoms with Crippen LogP contribution in [0.15, 0.2) is 0 Å². The number of aliphatic hydroxyl groups excluding tert-OH is 1. The summed E-state index contributed by atoms with van der Waals surface area (Å²) < 4.78 is 5.20. The molecule has 1 aliphatic carbocycles. The molecule has 0 bridgehead atoms. The lowest BCUT2D eigenvalue weighted by molar-refractivity contribution is -0.124. The van der Waals surface area contributed by atoms with E-state index in [9.17, 15) is 9.90 Å². The molecule has 0 spiro atoms. The summed E-state index contributed by atoms with van der Waals surface area (Å²) in [5.74, 6) is 0.0423. The number of hydrogen-bond acceptors (Lipinski definition) is 3. The Morgan fingerprint density at radius 3 is 2.65 bits per heavy atom. The lowest BCUT2D eigenvalue weighted by Gasteiger charge is -2.36. The lowest BCUT2D eigenvalue weighted by Crippen LogP contribution is -2.52. The van der Waals surface area contributed by atoms with Crippen LogP contribution < -0.4 is 5.32 Å². The largest absolute Gasteiger partial charge is 0.394 e. The van der Waals surface area contributed by atoms with E-state index in [1.165, 1.54) is 6.42 Å². The first-order chi connectivity index (χ1) is 8.22. The van der Waals surface area contributed by atoms with Crippen molar-refractivity contribution in [2.45, 2.75) is 57.4 Å². The maximum atomic E-state index is 11.8. The van der Waals surface area contributed by atoms with Crippen LogP contribution in [0.1, 0.15) is 51.9 Å². The van der Waals surface area contributed by atoms with Crippen LogP contribution in [-0.4, -0.2) is 36.4 Å². The van der Waals surface area contributed by atoms with E-state index in [0.717, 1.165) is 32.1 Å². The monoisotopic (exact) mass is 243 g/mol. The van der Waals surface area contributed by atoms with Crippen LogP contribution in [0, 0.1) is 0 Å². The minimum atomic E-state index is -0.346. The number of amides is 1. The summed E-state index contributed by atoms with van der Waals surface area (Å²) in [6.45, 7) is 3.34. The van der Waals surface area contributed by atoms with E-state index < -0.39 is 0 Å². The Kier molecular flexibility index (Phi) is 6.52. The molecule has 0 aromatic heterocycles. The molecule has 0 aromatic carbocycles. The zero-order chi connectivity index (χ0) is 12.6. The lowest BCUT2D eigenvalue weighted by atomic mass is 9.82. The Hall–Kier alpha value is -0.610. The number of nitrogens with one attached hydrogen (secondary N) is 1. The molecule has 100 valence electrons. The quantitative estimate of drug-likeness (QED) is 0.668. The maximum absolute atomic E-state index is 11.8. The molecule has 0 unspecified atom stereocenters. The second kappa shape index (κ2) is 7.67. The molecule has 1 saturated carbocycles. The summed E-state index contributed by atoms with van der Waals surface area (Å²) in [6, 6.07) is 0. The van der Waals surface area contributed by atoms with Gasteiger partial charge in [0, 0.05) is 19.6 Å². The van der Waals surface area contributed by atoms with Gasteiger partial charge < -0.3 is 15.2 Å². The third kappa shape index (κ3) is 5.04. The van der Waals surface area contributed by atoms with Gasteiger partial charge in [0.15, 0.2) is 0 Å². The van der Waals surface area contributed by atoms with Gasteiger partial charge in [-0.2, -0.15) is 0 Å². The fourth-order valence-electron chi connectivity index (χ4n) is 2.39. The van der Waals surface area contributed by atoms with E-state index in [0.29, 0.717) is 19.6 Å². The summed E-state index contributed by atoms with van der Waals surface area (Å²) >= 11 is 0. The minimum Gasteiger partial charge on any atom is -0.394 e. The zero-order valence-electron chi connectivity index (χ0n) is 10.8. The van der Waals surface area contributed by atoms with E-state index in [1.807, 2.05) is 6.92 Å². The molecule has 0 aromatic rings. The van der Waals surface area contributed by atoms with Gasteiger partial charge in [0.25, 0.3) is 0 Å². The highest BCUT2D eigenvalue weighted by atomic mass is 16.5.